The molecule has 0 spiro atoms. The van der Waals surface area contributed by atoms with E-state index in [0.717, 1.165) is 6.92 Å². The maximum atomic E-state index is 12.4. The standard InChI is InChI=1S/C28H49NO20/c1-8-15(34)20(39)23(12(6-32)43-8)47-28-22(41)25(18(37)13(46-28)7-42-3)49-26-14(29-9(2)33)24(17(36)11(5-31)44-26)48-27-21(40)19(38)16(35)10(4-30)45-27/h8,10-28,30-32,34-41H,4-7H2,1-3H3,(H,29,33)/t8?,10?,11?,12?,13?,14-,15+,16-,17+,18-,19?,20?,21-,22-,23+,24?,25?,26-,27-,28-/m0/s1. The van der Waals surface area contributed by atoms with Crippen LogP contribution in [0.4, 0.5) is 0 Å². The monoisotopic (exact) mass is 719 g/mol. The molecule has 4 fully saturated rings. The molecule has 0 saturated carbocycles. The van der Waals surface area contributed by atoms with Gasteiger partial charge in [0.15, 0.2) is 18.9 Å². The molecule has 0 aromatic carbocycles. The first-order valence-electron chi connectivity index (χ1n) is 15.8. The average molecular weight is 720 g/mol. The summed E-state index contributed by atoms with van der Waals surface area (Å²) in [6, 6.07) is -1.55. The van der Waals surface area contributed by atoms with Gasteiger partial charge in [-0.15, -0.1) is 0 Å². The van der Waals surface area contributed by atoms with Crippen molar-refractivity contribution in [2.45, 2.75) is 136 Å². The maximum absolute atomic E-state index is 12.4. The Bertz CT molecular complexity index is 1040. The number of hydrogen-bond acceptors (Lipinski definition) is 20. The number of nitrogens with one attached hydrogen (secondary N) is 1. The quantitative estimate of drug-likeness (QED) is 0.0891. The third-order valence-electron chi connectivity index (χ3n) is 9.02. The molecule has 1 amide bonds. The number of hydrogen-bond donors (Lipinski definition) is 12. The lowest BCUT2D eigenvalue weighted by Crippen LogP contribution is -2.70. The highest BCUT2D eigenvalue weighted by molar-refractivity contribution is 5.73. The van der Waals surface area contributed by atoms with Crippen molar-refractivity contribution in [2.24, 2.45) is 0 Å². The smallest absolute Gasteiger partial charge is 0.217 e. The second-order valence-electron chi connectivity index (χ2n) is 12.5. The summed E-state index contributed by atoms with van der Waals surface area (Å²) in [5.74, 6) is -0.722. The predicted octanol–water partition coefficient (Wildman–Crippen LogP) is -7.88. The number of aliphatic hydroxyl groups is 11. The van der Waals surface area contributed by atoms with Crippen molar-refractivity contribution in [2.75, 3.05) is 33.5 Å². The molecule has 21 heteroatoms. The molecule has 0 aromatic heterocycles. The molecule has 21 nitrogen and oxygen atoms in total. The maximum Gasteiger partial charge on any atom is 0.217 e. The van der Waals surface area contributed by atoms with Gasteiger partial charge >= 0.3 is 0 Å². The number of rotatable bonds is 12. The van der Waals surface area contributed by atoms with Gasteiger partial charge in [0, 0.05) is 14.0 Å². The van der Waals surface area contributed by atoms with Gasteiger partial charge in [-0.05, 0) is 6.92 Å². The van der Waals surface area contributed by atoms with Crippen molar-refractivity contribution in [3.05, 3.63) is 0 Å². The van der Waals surface area contributed by atoms with E-state index in [1.165, 1.54) is 14.0 Å². The minimum atomic E-state index is -1.92. The van der Waals surface area contributed by atoms with E-state index in [1.807, 2.05) is 0 Å². The molecule has 0 bridgehead atoms. The summed E-state index contributed by atoms with van der Waals surface area (Å²) in [5.41, 5.74) is 0. The molecule has 4 aliphatic rings. The van der Waals surface area contributed by atoms with Crippen molar-refractivity contribution < 1.29 is 98.9 Å². The summed E-state index contributed by atoms with van der Waals surface area (Å²) in [4.78, 5) is 12.4. The van der Waals surface area contributed by atoms with Crippen LogP contribution < -0.4 is 5.32 Å². The summed E-state index contributed by atoms with van der Waals surface area (Å²) in [5, 5.41) is 118. The van der Waals surface area contributed by atoms with Crippen LogP contribution >= 0.6 is 0 Å². The number of methoxy groups -OCH3 is 1. The Hall–Kier alpha value is -1.29. The summed E-state index contributed by atoms with van der Waals surface area (Å²) in [7, 11) is 1.29. The Morgan fingerprint density at radius 2 is 1.08 bits per heavy atom. The van der Waals surface area contributed by atoms with Crippen molar-refractivity contribution >= 4 is 5.91 Å². The fourth-order valence-corrected chi connectivity index (χ4v) is 6.30. The highest BCUT2D eigenvalue weighted by Crippen LogP contribution is 2.34. The Balaban J connectivity index is 1.63. The number of aliphatic hydroxyl groups excluding tert-OH is 11. The van der Waals surface area contributed by atoms with Crippen molar-refractivity contribution in [3.63, 3.8) is 0 Å². The molecular weight excluding hydrogens is 670 g/mol. The fraction of sp³-hybridized carbons (Fsp3) is 0.964. The number of amides is 1. The van der Waals surface area contributed by atoms with Crippen molar-refractivity contribution in [3.8, 4) is 0 Å². The minimum absolute atomic E-state index is 0.290. The molecule has 49 heavy (non-hydrogen) atoms. The van der Waals surface area contributed by atoms with Crippen LogP contribution in [-0.4, -0.2) is 218 Å². The van der Waals surface area contributed by atoms with Gasteiger partial charge in [-0.2, -0.15) is 0 Å². The van der Waals surface area contributed by atoms with E-state index >= 15 is 0 Å². The van der Waals surface area contributed by atoms with E-state index in [2.05, 4.69) is 5.32 Å². The zero-order valence-corrected chi connectivity index (χ0v) is 27.0. The molecule has 0 radical (unpaired) electrons. The van der Waals surface area contributed by atoms with Crippen LogP contribution in [0.5, 0.6) is 0 Å². The van der Waals surface area contributed by atoms with Gasteiger partial charge in [0.2, 0.25) is 5.91 Å². The van der Waals surface area contributed by atoms with Gasteiger partial charge in [0.1, 0.15) is 97.6 Å². The van der Waals surface area contributed by atoms with Crippen LogP contribution in [-0.2, 0) is 42.7 Å². The Morgan fingerprint density at radius 1 is 0.571 bits per heavy atom. The Labute approximate surface area is 280 Å². The third kappa shape index (κ3) is 8.68. The SMILES string of the molecule is COCC1O[C@@H](O[C@@H]2C(CO)OC(C)[C@@H](O)C2O)[C@@H](O)C(O[C@@H]2OC(CO)[C@@H](O)C(O[C@@H]3OC(CO)[C@H](O)C(O)[C@@H]3O)[C@@H]2NC(C)=O)[C@H]1O. The first-order valence-corrected chi connectivity index (χ1v) is 15.8. The largest absolute Gasteiger partial charge is 0.394 e. The van der Waals surface area contributed by atoms with Crippen LogP contribution in [0.3, 0.4) is 0 Å². The van der Waals surface area contributed by atoms with Gasteiger partial charge in [-0.25, -0.2) is 0 Å². The van der Waals surface area contributed by atoms with Crippen molar-refractivity contribution in [1.29, 1.82) is 0 Å². The molecular formula is C28H49NO20. The van der Waals surface area contributed by atoms with Crippen LogP contribution in [0.1, 0.15) is 13.8 Å². The minimum Gasteiger partial charge on any atom is -0.394 e. The lowest BCUT2D eigenvalue weighted by atomic mass is 9.94. The van der Waals surface area contributed by atoms with E-state index in [9.17, 15) is 61.0 Å². The van der Waals surface area contributed by atoms with Gasteiger partial charge in [0.05, 0.1) is 32.5 Å². The lowest BCUT2D eigenvalue weighted by Gasteiger charge is -2.50. The second-order valence-corrected chi connectivity index (χ2v) is 12.5. The van der Waals surface area contributed by atoms with Crippen LogP contribution in [0.2, 0.25) is 0 Å². The van der Waals surface area contributed by atoms with Gasteiger partial charge in [-0.1, -0.05) is 0 Å². The second kappa shape index (κ2) is 17.5. The molecule has 9 unspecified atom stereocenters. The first kappa shape index (κ1) is 40.5. The summed E-state index contributed by atoms with van der Waals surface area (Å²) < 4.78 is 45.1. The summed E-state index contributed by atoms with van der Waals surface area (Å²) in [6.07, 6.45) is -30.3. The number of ether oxygens (including phenoxy) is 8. The fourth-order valence-electron chi connectivity index (χ4n) is 6.30. The van der Waals surface area contributed by atoms with E-state index in [0.29, 0.717) is 0 Å². The van der Waals surface area contributed by atoms with Gasteiger partial charge in [-0.3, -0.25) is 4.79 Å². The third-order valence-corrected chi connectivity index (χ3v) is 9.02. The average Bonchev–Trinajstić information content (AvgIpc) is 3.07. The Kier molecular flexibility index (Phi) is 14.4. The molecule has 4 rings (SSSR count). The summed E-state index contributed by atoms with van der Waals surface area (Å²) >= 11 is 0. The number of carbonyl (C=O) groups excluding carboxylic acids is 1. The van der Waals surface area contributed by atoms with E-state index < -0.39 is 148 Å². The zero-order valence-electron chi connectivity index (χ0n) is 27.0. The predicted molar refractivity (Wildman–Crippen MR) is 154 cm³/mol. The summed E-state index contributed by atoms with van der Waals surface area (Å²) in [6.45, 7) is -0.0414. The van der Waals surface area contributed by atoms with Crippen LogP contribution in [0.25, 0.3) is 0 Å². The molecule has 0 aliphatic carbocycles. The zero-order chi connectivity index (χ0) is 36.3. The molecule has 20 atom stereocenters. The lowest BCUT2D eigenvalue weighted by molar-refractivity contribution is -0.375. The topological polar surface area (TPSA) is 325 Å². The molecule has 4 saturated heterocycles. The van der Waals surface area contributed by atoms with Crippen molar-refractivity contribution in [1.82, 2.24) is 5.32 Å². The molecule has 286 valence electrons. The van der Waals surface area contributed by atoms with Gasteiger partial charge in [0.25, 0.3) is 0 Å². The molecule has 4 aliphatic heterocycles. The highest BCUT2D eigenvalue weighted by Gasteiger charge is 2.55. The van der Waals surface area contributed by atoms with Gasteiger partial charge < -0.3 is 99.4 Å². The highest BCUT2D eigenvalue weighted by atomic mass is 16.8. The van der Waals surface area contributed by atoms with E-state index in [-0.39, 0.29) is 6.61 Å². The normalized spacial score (nSPS) is 49.4. The number of carbonyl (C=O) groups is 1. The van der Waals surface area contributed by atoms with Crippen LogP contribution in [0, 0.1) is 0 Å². The van der Waals surface area contributed by atoms with E-state index in [4.69, 9.17) is 37.9 Å². The molecule has 4 heterocycles. The van der Waals surface area contributed by atoms with E-state index in [1.54, 1.807) is 0 Å². The molecule has 12 N–H and O–H groups in total. The first-order chi connectivity index (χ1) is 23.2. The van der Waals surface area contributed by atoms with Crippen LogP contribution in [0.15, 0.2) is 0 Å². The Morgan fingerprint density at radius 3 is 1.67 bits per heavy atom. The molecule has 0 aromatic rings.